The highest BCUT2D eigenvalue weighted by atomic mass is 79.9. The highest BCUT2D eigenvalue weighted by Crippen LogP contribution is 2.37. The van der Waals surface area contributed by atoms with Crippen LogP contribution in [-0.4, -0.2) is 50.3 Å². The van der Waals surface area contributed by atoms with Crippen LogP contribution < -0.4 is 4.74 Å². The lowest BCUT2D eigenvalue weighted by atomic mass is 9.95. The lowest BCUT2D eigenvalue weighted by molar-refractivity contribution is -0.147. The molecule has 0 spiro atoms. The van der Waals surface area contributed by atoms with Gasteiger partial charge in [0.05, 0.1) is 11.5 Å². The minimum Gasteiger partial charge on any atom is -0.481 e. The SMILES string of the molecule is C#CCOc1ccc(S(=O)(=O)C2(C(=O)OCC)CCN(Cc3ccc(Br)cc3)CC2)cc1. The van der Waals surface area contributed by atoms with Crippen molar-refractivity contribution < 1.29 is 22.7 Å². The predicted octanol–water partition coefficient (Wildman–Crippen LogP) is 3.83. The van der Waals surface area contributed by atoms with Crippen LogP contribution in [0.25, 0.3) is 0 Å². The minimum absolute atomic E-state index is 0.0694. The second-order valence-electron chi connectivity index (χ2n) is 7.59. The van der Waals surface area contributed by atoms with Crippen LogP contribution in [0, 0.1) is 12.3 Å². The summed E-state index contributed by atoms with van der Waals surface area (Å²) in [5.41, 5.74) is 1.13. The van der Waals surface area contributed by atoms with Gasteiger partial charge in [-0.1, -0.05) is 34.0 Å². The predicted molar refractivity (Wildman–Crippen MR) is 126 cm³/mol. The highest BCUT2D eigenvalue weighted by molar-refractivity contribution is 9.10. The van der Waals surface area contributed by atoms with E-state index in [4.69, 9.17) is 15.9 Å². The molecular weight excluding hydrogens is 494 g/mol. The van der Waals surface area contributed by atoms with Crippen molar-refractivity contribution >= 4 is 31.7 Å². The Morgan fingerprint density at radius 2 is 1.75 bits per heavy atom. The third kappa shape index (κ3) is 5.17. The van der Waals surface area contributed by atoms with Gasteiger partial charge in [-0.15, -0.1) is 6.42 Å². The molecular formula is C24H26BrNO5S. The molecule has 32 heavy (non-hydrogen) atoms. The van der Waals surface area contributed by atoms with E-state index >= 15 is 0 Å². The highest BCUT2D eigenvalue weighted by Gasteiger charge is 2.54. The van der Waals surface area contributed by atoms with Gasteiger partial charge in [-0.2, -0.15) is 0 Å². The van der Waals surface area contributed by atoms with E-state index in [0.29, 0.717) is 25.4 Å². The number of sulfone groups is 1. The monoisotopic (exact) mass is 519 g/mol. The van der Waals surface area contributed by atoms with E-state index in [1.807, 2.05) is 24.3 Å². The number of piperidine rings is 1. The Balaban J connectivity index is 1.82. The van der Waals surface area contributed by atoms with E-state index in [-0.39, 0.29) is 31.0 Å². The van der Waals surface area contributed by atoms with Crippen molar-refractivity contribution in [3.8, 4) is 18.1 Å². The number of carbonyl (C=O) groups is 1. The van der Waals surface area contributed by atoms with Gasteiger partial charge >= 0.3 is 5.97 Å². The molecule has 0 unspecified atom stereocenters. The summed E-state index contributed by atoms with van der Waals surface area (Å²) in [6.45, 7) is 3.52. The smallest absolute Gasteiger partial charge is 0.327 e. The Labute approximate surface area is 198 Å². The number of carbonyl (C=O) groups excluding carboxylic acids is 1. The van der Waals surface area contributed by atoms with Crippen LogP contribution in [0.1, 0.15) is 25.3 Å². The maximum Gasteiger partial charge on any atom is 0.327 e. The molecule has 170 valence electrons. The second-order valence-corrected chi connectivity index (χ2v) is 10.8. The normalized spacial score (nSPS) is 16.2. The number of esters is 1. The van der Waals surface area contributed by atoms with E-state index in [0.717, 1.165) is 10.0 Å². The van der Waals surface area contributed by atoms with Crippen LogP contribution in [0.3, 0.4) is 0 Å². The zero-order valence-corrected chi connectivity index (χ0v) is 20.3. The molecule has 8 heteroatoms. The number of likely N-dealkylation sites (tertiary alicyclic amines) is 1. The number of ether oxygens (including phenoxy) is 2. The largest absolute Gasteiger partial charge is 0.481 e. The first-order valence-electron chi connectivity index (χ1n) is 10.4. The average molecular weight is 520 g/mol. The molecule has 1 heterocycles. The molecule has 6 nitrogen and oxygen atoms in total. The van der Waals surface area contributed by atoms with Gasteiger partial charge in [0.25, 0.3) is 0 Å². The van der Waals surface area contributed by atoms with Gasteiger partial charge < -0.3 is 9.47 Å². The fourth-order valence-electron chi connectivity index (χ4n) is 3.83. The van der Waals surface area contributed by atoms with Gasteiger partial charge in [0.15, 0.2) is 14.6 Å². The molecule has 1 aliphatic rings. The zero-order valence-electron chi connectivity index (χ0n) is 17.9. The molecule has 1 aliphatic heterocycles. The van der Waals surface area contributed by atoms with Crippen LogP contribution in [0.4, 0.5) is 0 Å². The summed E-state index contributed by atoms with van der Waals surface area (Å²) in [5, 5.41) is 0. The molecule has 0 aromatic heterocycles. The van der Waals surface area contributed by atoms with Crippen LogP contribution in [0.15, 0.2) is 57.9 Å². The summed E-state index contributed by atoms with van der Waals surface area (Å²) < 4.78 is 37.3. The van der Waals surface area contributed by atoms with Gasteiger partial charge in [0, 0.05) is 24.1 Å². The minimum atomic E-state index is -3.99. The van der Waals surface area contributed by atoms with Crippen molar-refractivity contribution in [3.05, 3.63) is 58.6 Å². The summed E-state index contributed by atoms with van der Waals surface area (Å²) in [4.78, 5) is 15.2. The first kappa shape index (κ1) is 24.3. The Bertz CT molecular complexity index is 1070. The molecule has 2 aromatic carbocycles. The number of nitrogens with zero attached hydrogens (tertiary/aromatic N) is 1. The van der Waals surface area contributed by atoms with Crippen LogP contribution in [0.2, 0.25) is 0 Å². The Hall–Kier alpha value is -2.34. The molecule has 0 amide bonds. The van der Waals surface area contributed by atoms with Gasteiger partial charge in [-0.05, 0) is 61.7 Å². The summed E-state index contributed by atoms with van der Waals surface area (Å²) >= 11 is 3.43. The van der Waals surface area contributed by atoms with Gasteiger partial charge in [0.2, 0.25) is 0 Å². The second kappa shape index (κ2) is 10.5. The van der Waals surface area contributed by atoms with Crippen LogP contribution in [-0.2, 0) is 25.9 Å². The van der Waals surface area contributed by atoms with E-state index in [1.54, 1.807) is 19.1 Å². The molecule has 0 radical (unpaired) electrons. The molecule has 2 aromatic rings. The first-order chi connectivity index (χ1) is 15.3. The third-order valence-electron chi connectivity index (χ3n) is 5.60. The molecule has 0 aliphatic carbocycles. The fourth-order valence-corrected chi connectivity index (χ4v) is 6.04. The summed E-state index contributed by atoms with van der Waals surface area (Å²) in [6, 6.07) is 14.0. The Morgan fingerprint density at radius 3 is 2.31 bits per heavy atom. The maximum absolute atomic E-state index is 13.7. The molecule has 1 saturated heterocycles. The van der Waals surface area contributed by atoms with Crippen molar-refractivity contribution in [2.24, 2.45) is 0 Å². The van der Waals surface area contributed by atoms with Gasteiger partial charge in [-0.25, -0.2) is 8.42 Å². The fraction of sp³-hybridized carbons (Fsp3) is 0.375. The quantitative estimate of drug-likeness (QED) is 0.389. The van der Waals surface area contributed by atoms with Crippen molar-refractivity contribution in [3.63, 3.8) is 0 Å². The number of terminal acetylenes is 1. The van der Waals surface area contributed by atoms with Gasteiger partial charge in [-0.3, -0.25) is 9.69 Å². The van der Waals surface area contributed by atoms with E-state index < -0.39 is 20.6 Å². The van der Waals surface area contributed by atoms with Crippen molar-refractivity contribution in [1.82, 2.24) is 4.90 Å². The average Bonchev–Trinajstić information content (AvgIpc) is 2.80. The lowest BCUT2D eigenvalue weighted by Gasteiger charge is -2.39. The molecule has 3 rings (SSSR count). The summed E-state index contributed by atoms with van der Waals surface area (Å²) in [7, 11) is -3.99. The lowest BCUT2D eigenvalue weighted by Crippen LogP contribution is -2.54. The molecule has 0 saturated carbocycles. The molecule has 0 N–H and O–H groups in total. The number of hydrogen-bond donors (Lipinski definition) is 0. The number of halogens is 1. The van der Waals surface area contributed by atoms with E-state index in [2.05, 4.69) is 26.8 Å². The zero-order chi connectivity index (χ0) is 23.2. The van der Waals surface area contributed by atoms with Crippen molar-refractivity contribution in [1.29, 1.82) is 0 Å². The van der Waals surface area contributed by atoms with Crippen molar-refractivity contribution in [2.75, 3.05) is 26.3 Å². The van der Waals surface area contributed by atoms with Crippen molar-refractivity contribution in [2.45, 2.75) is 36.0 Å². The number of benzene rings is 2. The summed E-state index contributed by atoms with van der Waals surface area (Å²) in [5.74, 6) is 2.15. The molecule has 1 fully saturated rings. The molecule has 0 bridgehead atoms. The Morgan fingerprint density at radius 1 is 1.12 bits per heavy atom. The third-order valence-corrected chi connectivity index (χ3v) is 8.63. The van der Waals surface area contributed by atoms with E-state index in [9.17, 15) is 13.2 Å². The number of rotatable bonds is 8. The topological polar surface area (TPSA) is 72.9 Å². The van der Waals surface area contributed by atoms with Crippen LogP contribution >= 0.6 is 15.9 Å². The molecule has 0 atom stereocenters. The number of hydrogen-bond acceptors (Lipinski definition) is 6. The van der Waals surface area contributed by atoms with Crippen LogP contribution in [0.5, 0.6) is 5.75 Å². The Kier molecular flexibility index (Phi) is 7.99. The first-order valence-corrected chi connectivity index (χ1v) is 12.6. The maximum atomic E-state index is 13.7. The van der Waals surface area contributed by atoms with Gasteiger partial charge in [0.1, 0.15) is 12.4 Å². The van der Waals surface area contributed by atoms with E-state index in [1.165, 1.54) is 12.1 Å². The standard InChI is InChI=1S/C24H26BrNO5S/c1-3-17-31-21-9-11-22(12-10-21)32(28,29)24(23(27)30-4-2)13-15-26(16-14-24)18-19-5-7-20(25)8-6-19/h1,5-12H,4,13-18H2,2H3. The summed E-state index contributed by atoms with van der Waals surface area (Å²) in [6.07, 6.45) is 5.52.